The Morgan fingerprint density at radius 1 is 1.31 bits per heavy atom. The number of carbonyl (C=O) groups excluding carboxylic acids is 2. The Bertz CT molecular complexity index is 1050. The van der Waals surface area contributed by atoms with Crippen molar-refractivity contribution in [2.45, 2.75) is 33.6 Å². The van der Waals surface area contributed by atoms with E-state index in [-0.39, 0.29) is 24.2 Å². The van der Waals surface area contributed by atoms with Crippen LogP contribution in [0.4, 0.5) is 11.4 Å². The number of benzene rings is 1. The third-order valence-electron chi connectivity index (χ3n) is 5.01. The summed E-state index contributed by atoms with van der Waals surface area (Å²) in [6, 6.07) is 9.62. The summed E-state index contributed by atoms with van der Waals surface area (Å²) in [5.41, 5.74) is 2.68. The van der Waals surface area contributed by atoms with Crippen LogP contribution in [0.1, 0.15) is 29.7 Å². The number of amides is 2. The lowest BCUT2D eigenvalue weighted by atomic mass is 10.1. The maximum absolute atomic E-state index is 12.8. The summed E-state index contributed by atoms with van der Waals surface area (Å²) in [5.74, 6) is 0.538. The molecule has 3 aromatic rings. The molecule has 1 aliphatic rings. The number of thiophene rings is 1. The molecule has 0 radical (unpaired) electrons. The zero-order valence-electron chi connectivity index (χ0n) is 16.6. The van der Waals surface area contributed by atoms with E-state index in [9.17, 15) is 9.59 Å². The van der Waals surface area contributed by atoms with Crippen molar-refractivity contribution in [1.82, 2.24) is 10.1 Å². The van der Waals surface area contributed by atoms with E-state index in [1.54, 1.807) is 4.90 Å². The highest BCUT2D eigenvalue weighted by Gasteiger charge is 2.35. The van der Waals surface area contributed by atoms with Gasteiger partial charge in [-0.1, -0.05) is 29.8 Å². The predicted octanol–water partition coefficient (Wildman–Crippen LogP) is 3.97. The smallest absolute Gasteiger partial charge is 0.229 e. The Morgan fingerprint density at radius 2 is 2.07 bits per heavy atom. The van der Waals surface area contributed by atoms with Gasteiger partial charge in [-0.3, -0.25) is 9.59 Å². The third-order valence-corrected chi connectivity index (χ3v) is 6.05. The van der Waals surface area contributed by atoms with Gasteiger partial charge in [-0.2, -0.15) is 4.98 Å². The molecule has 0 unspecified atom stereocenters. The molecule has 2 amide bonds. The van der Waals surface area contributed by atoms with E-state index in [2.05, 4.69) is 15.5 Å². The fourth-order valence-electron chi connectivity index (χ4n) is 3.31. The van der Waals surface area contributed by atoms with Gasteiger partial charge in [0, 0.05) is 30.0 Å². The van der Waals surface area contributed by atoms with Crippen LogP contribution in [-0.2, 0) is 16.0 Å². The third kappa shape index (κ3) is 3.93. The van der Waals surface area contributed by atoms with Gasteiger partial charge in [0.15, 0.2) is 0 Å². The maximum atomic E-state index is 12.8. The van der Waals surface area contributed by atoms with Gasteiger partial charge in [0.2, 0.25) is 23.5 Å². The summed E-state index contributed by atoms with van der Waals surface area (Å²) in [5, 5.41) is 6.96. The van der Waals surface area contributed by atoms with Crippen molar-refractivity contribution in [3.05, 3.63) is 46.7 Å². The van der Waals surface area contributed by atoms with Crippen LogP contribution >= 0.6 is 11.3 Å². The Hall–Kier alpha value is -3.00. The molecule has 1 fully saturated rings. The van der Waals surface area contributed by atoms with Gasteiger partial charge in [0.05, 0.1) is 16.5 Å². The number of nitrogens with one attached hydrogen (secondary N) is 1. The average Bonchev–Trinajstić information content (AvgIpc) is 3.41. The lowest BCUT2D eigenvalue weighted by molar-refractivity contribution is -0.122. The highest BCUT2D eigenvalue weighted by atomic mass is 32.1. The zero-order valence-corrected chi connectivity index (χ0v) is 17.4. The second-order valence-corrected chi connectivity index (χ2v) is 8.43. The van der Waals surface area contributed by atoms with Crippen LogP contribution in [0.2, 0.25) is 0 Å². The minimum Gasteiger partial charge on any atom is -0.339 e. The highest BCUT2D eigenvalue weighted by molar-refractivity contribution is 7.16. The van der Waals surface area contributed by atoms with Crippen LogP contribution in [0.25, 0.3) is 10.7 Å². The minimum atomic E-state index is -0.386. The second kappa shape index (κ2) is 7.79. The van der Waals surface area contributed by atoms with Gasteiger partial charge < -0.3 is 14.7 Å². The first-order chi connectivity index (χ1) is 13.9. The SMILES string of the molecule is CCc1nc(-c2cc(NC(=O)[C@@H]3CC(=O)N(c4ccc(C)cc4)C3)c(C)s2)no1. The van der Waals surface area contributed by atoms with E-state index >= 15 is 0 Å². The fraction of sp³-hybridized carbons (Fsp3) is 0.333. The molecule has 0 saturated carbocycles. The molecule has 1 saturated heterocycles. The number of hydrogen-bond acceptors (Lipinski definition) is 6. The normalized spacial score (nSPS) is 16.4. The van der Waals surface area contributed by atoms with E-state index in [0.717, 1.165) is 26.7 Å². The summed E-state index contributed by atoms with van der Waals surface area (Å²) in [6.07, 6.45) is 0.884. The van der Waals surface area contributed by atoms with Crippen LogP contribution < -0.4 is 10.2 Å². The summed E-state index contributed by atoms with van der Waals surface area (Å²) >= 11 is 1.50. The van der Waals surface area contributed by atoms with Crippen molar-refractivity contribution < 1.29 is 14.1 Å². The van der Waals surface area contributed by atoms with Crippen LogP contribution in [-0.4, -0.2) is 28.5 Å². The van der Waals surface area contributed by atoms with Gasteiger partial charge in [-0.05, 0) is 32.0 Å². The van der Waals surface area contributed by atoms with E-state index < -0.39 is 0 Å². The molecule has 8 heteroatoms. The van der Waals surface area contributed by atoms with Crippen LogP contribution in [0, 0.1) is 19.8 Å². The molecule has 7 nitrogen and oxygen atoms in total. The molecule has 3 heterocycles. The van der Waals surface area contributed by atoms with Crippen molar-refractivity contribution in [3.63, 3.8) is 0 Å². The Labute approximate surface area is 172 Å². The molecular formula is C21H22N4O3S. The first-order valence-electron chi connectivity index (χ1n) is 9.56. The van der Waals surface area contributed by atoms with Gasteiger partial charge in [0.25, 0.3) is 0 Å². The van der Waals surface area contributed by atoms with Crippen molar-refractivity contribution in [2.24, 2.45) is 5.92 Å². The predicted molar refractivity (Wildman–Crippen MR) is 112 cm³/mol. The lowest BCUT2D eigenvalue weighted by Crippen LogP contribution is -2.28. The minimum absolute atomic E-state index is 0.0318. The summed E-state index contributed by atoms with van der Waals surface area (Å²) < 4.78 is 5.17. The van der Waals surface area contributed by atoms with E-state index in [4.69, 9.17) is 4.52 Å². The number of aryl methyl sites for hydroxylation is 3. The number of nitrogens with zero attached hydrogens (tertiary/aromatic N) is 3. The molecule has 1 aliphatic heterocycles. The van der Waals surface area contributed by atoms with Gasteiger partial charge >= 0.3 is 0 Å². The summed E-state index contributed by atoms with van der Waals surface area (Å²) in [6.45, 7) is 6.27. The molecule has 4 rings (SSSR count). The Morgan fingerprint density at radius 3 is 2.76 bits per heavy atom. The van der Waals surface area contributed by atoms with Crippen molar-refractivity contribution >= 4 is 34.5 Å². The first kappa shape index (κ1) is 19.3. The largest absolute Gasteiger partial charge is 0.339 e. The quantitative estimate of drug-likeness (QED) is 0.688. The van der Waals surface area contributed by atoms with Gasteiger partial charge in [0.1, 0.15) is 0 Å². The van der Waals surface area contributed by atoms with Crippen LogP contribution in [0.15, 0.2) is 34.9 Å². The Balaban J connectivity index is 1.46. The van der Waals surface area contributed by atoms with Crippen LogP contribution in [0.5, 0.6) is 0 Å². The zero-order chi connectivity index (χ0) is 20.5. The molecule has 1 N–H and O–H groups in total. The highest BCUT2D eigenvalue weighted by Crippen LogP contribution is 2.34. The van der Waals surface area contributed by atoms with Crippen LogP contribution in [0.3, 0.4) is 0 Å². The van der Waals surface area contributed by atoms with E-state index in [0.29, 0.717) is 24.7 Å². The Kier molecular flexibility index (Phi) is 5.19. The maximum Gasteiger partial charge on any atom is 0.229 e. The van der Waals surface area contributed by atoms with Crippen molar-refractivity contribution in [3.8, 4) is 10.7 Å². The summed E-state index contributed by atoms with van der Waals surface area (Å²) in [7, 11) is 0. The van der Waals surface area contributed by atoms with Crippen molar-refractivity contribution in [1.29, 1.82) is 0 Å². The van der Waals surface area contributed by atoms with Gasteiger partial charge in [-0.25, -0.2) is 0 Å². The average molecular weight is 410 g/mol. The number of hydrogen-bond donors (Lipinski definition) is 1. The van der Waals surface area contributed by atoms with E-state index in [1.807, 2.05) is 51.1 Å². The van der Waals surface area contributed by atoms with Gasteiger partial charge in [-0.15, -0.1) is 11.3 Å². The molecule has 29 heavy (non-hydrogen) atoms. The topological polar surface area (TPSA) is 88.3 Å². The molecule has 0 spiro atoms. The summed E-state index contributed by atoms with van der Waals surface area (Å²) in [4.78, 5) is 33.1. The molecule has 150 valence electrons. The van der Waals surface area contributed by atoms with Crippen molar-refractivity contribution in [2.75, 3.05) is 16.8 Å². The number of rotatable bonds is 5. The van der Waals surface area contributed by atoms with E-state index in [1.165, 1.54) is 11.3 Å². The monoisotopic (exact) mass is 410 g/mol. The number of anilines is 2. The molecule has 0 aliphatic carbocycles. The molecule has 1 atom stereocenters. The number of carbonyl (C=O) groups is 2. The fourth-order valence-corrected chi connectivity index (χ4v) is 4.21. The second-order valence-electron chi connectivity index (χ2n) is 7.18. The molecule has 0 bridgehead atoms. The molecular weight excluding hydrogens is 388 g/mol. The number of aromatic nitrogens is 2. The lowest BCUT2D eigenvalue weighted by Gasteiger charge is -2.17. The first-order valence-corrected chi connectivity index (χ1v) is 10.4. The standard InChI is InChI=1S/C21H22N4O3S/c1-4-18-23-20(24-28-18)17-10-16(13(3)29-17)22-21(27)14-9-19(26)25(11-14)15-7-5-12(2)6-8-15/h5-8,10,14H,4,9,11H2,1-3H3,(H,22,27)/t14-/m1/s1. The molecule has 1 aromatic carbocycles. The molecule has 2 aromatic heterocycles.